The molecule has 0 aliphatic rings. The van der Waals surface area contributed by atoms with Gasteiger partial charge in [-0.25, -0.2) is 0 Å². The van der Waals surface area contributed by atoms with Crippen molar-refractivity contribution in [3.05, 3.63) is 62.2 Å². The van der Waals surface area contributed by atoms with Crippen LogP contribution in [0.4, 0.5) is 5.69 Å². The van der Waals surface area contributed by atoms with Gasteiger partial charge in [0.1, 0.15) is 0 Å². The second kappa shape index (κ2) is 5.92. The van der Waals surface area contributed by atoms with Crippen molar-refractivity contribution in [1.82, 2.24) is 0 Å². The maximum atomic E-state index is 12.5. The van der Waals surface area contributed by atoms with Crippen molar-refractivity contribution in [2.24, 2.45) is 0 Å². The molecule has 2 aromatic rings. The average molecular weight is 386 g/mol. The highest BCUT2D eigenvalue weighted by molar-refractivity contribution is 14.1. The number of anilines is 1. The van der Waals surface area contributed by atoms with Crippen LogP contribution < -0.4 is 4.90 Å². The Hall–Kier alpha value is -1.07. The lowest BCUT2D eigenvalue weighted by Gasteiger charge is -2.18. The summed E-state index contributed by atoms with van der Waals surface area (Å²) >= 11 is 8.11. The van der Waals surface area contributed by atoms with Crippen molar-refractivity contribution in [3.63, 3.8) is 0 Å². The van der Waals surface area contributed by atoms with E-state index in [4.69, 9.17) is 11.6 Å². The number of halogens is 2. The molecule has 0 N–H and O–H groups in total. The summed E-state index contributed by atoms with van der Waals surface area (Å²) in [5.41, 5.74) is 2.62. The standard InChI is InChI=1S/C15H13ClINO/c1-10-4-3-5-12(8-10)18(2)15(19)13-9-11(16)6-7-14(13)17/h3-9H,1-2H3. The van der Waals surface area contributed by atoms with E-state index < -0.39 is 0 Å². The van der Waals surface area contributed by atoms with Crippen molar-refractivity contribution in [2.75, 3.05) is 11.9 Å². The molecule has 0 heterocycles. The number of nitrogens with zero attached hydrogens (tertiary/aromatic N) is 1. The predicted octanol–water partition coefficient (Wildman–Crippen LogP) is 4.53. The molecule has 2 rings (SSSR count). The van der Waals surface area contributed by atoms with Crippen LogP contribution in [-0.2, 0) is 0 Å². The summed E-state index contributed by atoms with van der Waals surface area (Å²) in [4.78, 5) is 14.1. The summed E-state index contributed by atoms with van der Waals surface area (Å²) in [5.74, 6) is -0.0579. The topological polar surface area (TPSA) is 20.3 Å². The van der Waals surface area contributed by atoms with E-state index in [9.17, 15) is 4.79 Å². The summed E-state index contributed by atoms with van der Waals surface area (Å²) in [5, 5.41) is 0.571. The summed E-state index contributed by atoms with van der Waals surface area (Å²) in [6.45, 7) is 2.00. The first-order chi connectivity index (χ1) is 8.99. The number of rotatable bonds is 2. The average Bonchev–Trinajstić information content (AvgIpc) is 2.40. The van der Waals surface area contributed by atoms with E-state index in [1.165, 1.54) is 0 Å². The monoisotopic (exact) mass is 385 g/mol. The molecular formula is C15H13ClINO. The minimum Gasteiger partial charge on any atom is -0.311 e. The van der Waals surface area contributed by atoms with Crippen LogP contribution >= 0.6 is 34.2 Å². The van der Waals surface area contributed by atoms with Crippen molar-refractivity contribution in [1.29, 1.82) is 0 Å². The van der Waals surface area contributed by atoms with Crippen molar-refractivity contribution < 1.29 is 4.79 Å². The van der Waals surface area contributed by atoms with Gasteiger partial charge in [0.25, 0.3) is 5.91 Å². The fourth-order valence-electron chi connectivity index (χ4n) is 1.80. The van der Waals surface area contributed by atoms with Gasteiger partial charge in [0, 0.05) is 21.3 Å². The molecule has 0 fully saturated rings. The Balaban J connectivity index is 2.36. The lowest BCUT2D eigenvalue weighted by Crippen LogP contribution is -2.27. The van der Waals surface area contributed by atoms with Crippen LogP contribution in [-0.4, -0.2) is 13.0 Å². The van der Waals surface area contributed by atoms with Crippen molar-refractivity contribution in [2.45, 2.75) is 6.92 Å². The molecule has 98 valence electrons. The van der Waals surface area contributed by atoms with E-state index in [1.54, 1.807) is 24.1 Å². The van der Waals surface area contributed by atoms with Gasteiger partial charge in [0.15, 0.2) is 0 Å². The Bertz CT molecular complexity index is 627. The molecule has 0 unspecified atom stereocenters. The molecule has 0 saturated heterocycles. The third-order valence-electron chi connectivity index (χ3n) is 2.85. The highest BCUT2D eigenvalue weighted by atomic mass is 127. The molecule has 0 aliphatic heterocycles. The van der Waals surface area contributed by atoms with Gasteiger partial charge < -0.3 is 4.90 Å². The van der Waals surface area contributed by atoms with E-state index in [-0.39, 0.29) is 5.91 Å². The van der Waals surface area contributed by atoms with Crippen LogP contribution in [0.15, 0.2) is 42.5 Å². The smallest absolute Gasteiger partial charge is 0.259 e. The molecule has 2 aromatic carbocycles. The number of aryl methyl sites for hydroxylation is 1. The first-order valence-corrected chi connectivity index (χ1v) is 7.24. The zero-order valence-corrected chi connectivity index (χ0v) is 13.6. The number of carbonyl (C=O) groups excluding carboxylic acids is 1. The second-order valence-electron chi connectivity index (χ2n) is 4.33. The van der Waals surface area contributed by atoms with E-state index >= 15 is 0 Å². The maximum Gasteiger partial charge on any atom is 0.259 e. The van der Waals surface area contributed by atoms with Crippen LogP contribution in [0.3, 0.4) is 0 Å². The minimum absolute atomic E-state index is 0.0579. The molecule has 0 bridgehead atoms. The Labute approximate surface area is 131 Å². The maximum absolute atomic E-state index is 12.5. The molecule has 4 heteroatoms. The Morgan fingerprint density at radius 3 is 2.63 bits per heavy atom. The van der Waals surface area contributed by atoms with E-state index in [2.05, 4.69) is 22.6 Å². The number of hydrogen-bond donors (Lipinski definition) is 0. The SMILES string of the molecule is Cc1cccc(N(C)C(=O)c2cc(Cl)ccc2I)c1. The molecule has 0 radical (unpaired) electrons. The molecule has 0 aliphatic carbocycles. The van der Waals surface area contributed by atoms with E-state index in [0.29, 0.717) is 10.6 Å². The van der Waals surface area contributed by atoms with Gasteiger partial charge in [-0.15, -0.1) is 0 Å². The molecule has 1 amide bonds. The first kappa shape index (κ1) is 14.3. The Morgan fingerprint density at radius 1 is 1.21 bits per heavy atom. The fourth-order valence-corrected chi connectivity index (χ4v) is 2.53. The highest BCUT2D eigenvalue weighted by Crippen LogP contribution is 2.22. The molecule has 0 aromatic heterocycles. The predicted molar refractivity (Wildman–Crippen MR) is 88.1 cm³/mol. The molecular weight excluding hydrogens is 373 g/mol. The quantitative estimate of drug-likeness (QED) is 0.696. The van der Waals surface area contributed by atoms with E-state index in [1.807, 2.05) is 37.3 Å². The molecule has 0 saturated carbocycles. The normalized spacial score (nSPS) is 10.3. The molecule has 0 spiro atoms. The third kappa shape index (κ3) is 3.28. The van der Waals surface area contributed by atoms with Gasteiger partial charge in [-0.1, -0.05) is 23.7 Å². The van der Waals surface area contributed by atoms with Crippen LogP contribution in [0.1, 0.15) is 15.9 Å². The molecule has 19 heavy (non-hydrogen) atoms. The Morgan fingerprint density at radius 2 is 1.95 bits per heavy atom. The lowest BCUT2D eigenvalue weighted by molar-refractivity contribution is 0.0992. The Kier molecular flexibility index (Phi) is 4.47. The zero-order valence-electron chi connectivity index (χ0n) is 10.7. The number of benzene rings is 2. The van der Waals surface area contributed by atoms with Crippen LogP contribution in [0, 0.1) is 10.5 Å². The van der Waals surface area contributed by atoms with Crippen molar-refractivity contribution >= 4 is 45.8 Å². The summed E-state index contributed by atoms with van der Waals surface area (Å²) < 4.78 is 0.895. The van der Waals surface area contributed by atoms with Gasteiger partial charge in [0.05, 0.1) is 5.56 Å². The van der Waals surface area contributed by atoms with Gasteiger partial charge in [-0.2, -0.15) is 0 Å². The van der Waals surface area contributed by atoms with Gasteiger partial charge in [0.2, 0.25) is 0 Å². The van der Waals surface area contributed by atoms with Crippen molar-refractivity contribution in [3.8, 4) is 0 Å². The largest absolute Gasteiger partial charge is 0.311 e. The number of carbonyl (C=O) groups is 1. The van der Waals surface area contributed by atoms with Gasteiger partial charge >= 0.3 is 0 Å². The third-order valence-corrected chi connectivity index (χ3v) is 4.03. The summed E-state index contributed by atoms with van der Waals surface area (Å²) in [7, 11) is 1.77. The minimum atomic E-state index is -0.0579. The summed E-state index contributed by atoms with van der Waals surface area (Å²) in [6, 6.07) is 13.2. The number of amides is 1. The highest BCUT2D eigenvalue weighted by Gasteiger charge is 2.16. The molecule has 0 atom stereocenters. The summed E-state index contributed by atoms with van der Waals surface area (Å²) in [6.07, 6.45) is 0. The molecule has 2 nitrogen and oxygen atoms in total. The van der Waals surface area contributed by atoms with E-state index in [0.717, 1.165) is 14.8 Å². The van der Waals surface area contributed by atoms with Gasteiger partial charge in [-0.3, -0.25) is 4.79 Å². The number of hydrogen-bond acceptors (Lipinski definition) is 1. The fraction of sp³-hybridized carbons (Fsp3) is 0.133. The van der Waals surface area contributed by atoms with Crippen LogP contribution in [0.2, 0.25) is 5.02 Å². The van der Waals surface area contributed by atoms with Crippen LogP contribution in [0.5, 0.6) is 0 Å². The first-order valence-electron chi connectivity index (χ1n) is 5.79. The zero-order chi connectivity index (χ0) is 14.0. The lowest BCUT2D eigenvalue weighted by atomic mass is 10.1. The van der Waals surface area contributed by atoms with Gasteiger partial charge in [-0.05, 0) is 65.4 Å². The second-order valence-corrected chi connectivity index (χ2v) is 5.93. The van der Waals surface area contributed by atoms with Crippen LogP contribution in [0.25, 0.3) is 0 Å².